The number of carbonyl (C=O) groups is 1. The molecule has 1 aromatic heterocycles. The second kappa shape index (κ2) is 7.84. The van der Waals surface area contributed by atoms with E-state index < -0.39 is 5.91 Å². The number of anilines is 1. The number of aromatic nitrogens is 2. The number of nitrogen functional groups attached to an aromatic ring is 1. The van der Waals surface area contributed by atoms with Crippen molar-refractivity contribution in [3.8, 4) is 22.9 Å². The van der Waals surface area contributed by atoms with Crippen molar-refractivity contribution in [3.63, 3.8) is 0 Å². The number of nitrogens with two attached hydrogens (primary N) is 2. The molecule has 0 aliphatic heterocycles. The zero-order valence-corrected chi connectivity index (χ0v) is 15.6. The molecule has 29 heavy (non-hydrogen) atoms. The van der Waals surface area contributed by atoms with E-state index in [9.17, 15) is 9.18 Å². The Morgan fingerprint density at radius 3 is 2.52 bits per heavy atom. The second-order valence-electron chi connectivity index (χ2n) is 6.90. The van der Waals surface area contributed by atoms with Crippen LogP contribution in [0.5, 0.6) is 11.5 Å². The lowest BCUT2D eigenvalue weighted by molar-refractivity contribution is 0.0995. The van der Waals surface area contributed by atoms with Gasteiger partial charge in [0, 0.05) is 24.2 Å². The van der Waals surface area contributed by atoms with Crippen molar-refractivity contribution in [3.05, 3.63) is 65.6 Å². The van der Waals surface area contributed by atoms with E-state index in [2.05, 4.69) is 15.3 Å². The molecule has 0 radical (unpaired) electrons. The molecular formula is C21H20FN5O2. The summed E-state index contributed by atoms with van der Waals surface area (Å²) in [6.07, 6.45) is 2.28. The van der Waals surface area contributed by atoms with E-state index in [1.54, 1.807) is 18.2 Å². The molecular weight excluding hydrogens is 373 g/mol. The van der Waals surface area contributed by atoms with Crippen molar-refractivity contribution in [2.45, 2.75) is 25.4 Å². The number of rotatable bonds is 7. The van der Waals surface area contributed by atoms with E-state index in [0.717, 1.165) is 24.0 Å². The summed E-state index contributed by atoms with van der Waals surface area (Å²) in [5.41, 5.74) is 12.8. The Balaban J connectivity index is 1.68. The first kappa shape index (κ1) is 18.8. The summed E-state index contributed by atoms with van der Waals surface area (Å²) in [4.78, 5) is 20.1. The van der Waals surface area contributed by atoms with Crippen LogP contribution in [0.4, 0.5) is 10.2 Å². The van der Waals surface area contributed by atoms with Crippen LogP contribution in [0.25, 0.3) is 11.4 Å². The molecule has 0 bridgehead atoms. The van der Waals surface area contributed by atoms with E-state index >= 15 is 0 Å². The predicted octanol–water partition coefficient (Wildman–Crippen LogP) is 3.01. The van der Waals surface area contributed by atoms with Crippen molar-refractivity contribution in [1.29, 1.82) is 0 Å². The summed E-state index contributed by atoms with van der Waals surface area (Å²) in [6, 6.07) is 13.1. The first-order valence-corrected chi connectivity index (χ1v) is 9.22. The molecule has 4 rings (SSSR count). The van der Waals surface area contributed by atoms with Crippen molar-refractivity contribution >= 4 is 11.7 Å². The van der Waals surface area contributed by atoms with Gasteiger partial charge >= 0.3 is 0 Å². The number of carbonyl (C=O) groups excluding carboxylic acids is 1. The van der Waals surface area contributed by atoms with Gasteiger partial charge in [-0.15, -0.1) is 0 Å². The molecule has 0 atom stereocenters. The molecule has 1 aliphatic carbocycles. The normalized spacial score (nSPS) is 13.3. The summed E-state index contributed by atoms with van der Waals surface area (Å²) >= 11 is 0. The third-order valence-corrected chi connectivity index (χ3v) is 4.52. The molecule has 1 aliphatic rings. The van der Waals surface area contributed by atoms with Crippen LogP contribution in [0, 0.1) is 5.82 Å². The smallest absolute Gasteiger partial charge is 0.267 e. The van der Waals surface area contributed by atoms with E-state index in [0.29, 0.717) is 29.9 Å². The molecule has 0 saturated heterocycles. The van der Waals surface area contributed by atoms with Crippen molar-refractivity contribution in [2.24, 2.45) is 5.73 Å². The molecule has 148 valence electrons. The van der Waals surface area contributed by atoms with Crippen LogP contribution in [0.15, 0.2) is 48.5 Å². The average molecular weight is 393 g/mol. The summed E-state index contributed by atoms with van der Waals surface area (Å²) in [7, 11) is 0. The minimum Gasteiger partial charge on any atom is -0.457 e. The number of nitrogens with zero attached hydrogens (tertiary/aromatic N) is 2. The van der Waals surface area contributed by atoms with Crippen LogP contribution in [0.1, 0.15) is 28.9 Å². The first-order chi connectivity index (χ1) is 14.0. The van der Waals surface area contributed by atoms with Crippen LogP contribution >= 0.6 is 0 Å². The highest BCUT2D eigenvalue weighted by Crippen LogP contribution is 2.30. The monoisotopic (exact) mass is 393 g/mol. The molecule has 0 spiro atoms. The van der Waals surface area contributed by atoms with Gasteiger partial charge in [-0.05, 0) is 60.9 Å². The lowest BCUT2D eigenvalue weighted by atomic mass is 10.1. The minimum atomic E-state index is -0.672. The van der Waals surface area contributed by atoms with Gasteiger partial charge in [0.25, 0.3) is 5.91 Å². The highest BCUT2D eigenvalue weighted by Gasteiger charge is 2.21. The number of nitrogens with one attached hydrogen (secondary N) is 1. The summed E-state index contributed by atoms with van der Waals surface area (Å²) < 4.78 is 19.0. The number of ether oxygens (including phenoxy) is 1. The second-order valence-corrected chi connectivity index (χ2v) is 6.90. The largest absolute Gasteiger partial charge is 0.457 e. The van der Waals surface area contributed by atoms with Crippen LogP contribution < -0.4 is 21.5 Å². The molecule has 1 saturated carbocycles. The highest BCUT2D eigenvalue weighted by molar-refractivity contribution is 5.92. The summed E-state index contributed by atoms with van der Waals surface area (Å²) in [5, 5.41) is 3.45. The van der Waals surface area contributed by atoms with Crippen LogP contribution in [-0.2, 0) is 6.54 Å². The maximum absolute atomic E-state index is 13.1. The number of amides is 1. The number of primary amides is 1. The van der Waals surface area contributed by atoms with Crippen LogP contribution in [0.2, 0.25) is 0 Å². The highest BCUT2D eigenvalue weighted by atomic mass is 19.1. The fraction of sp³-hybridized carbons (Fsp3) is 0.190. The first-order valence-electron chi connectivity index (χ1n) is 9.22. The van der Waals surface area contributed by atoms with E-state index in [1.165, 1.54) is 18.2 Å². The van der Waals surface area contributed by atoms with Gasteiger partial charge in [0.15, 0.2) is 5.82 Å². The maximum Gasteiger partial charge on any atom is 0.267 e. The Bertz CT molecular complexity index is 1050. The summed E-state index contributed by atoms with van der Waals surface area (Å²) in [6.45, 7) is 0.574. The summed E-state index contributed by atoms with van der Waals surface area (Å²) in [5.74, 6) is 0.597. The van der Waals surface area contributed by atoms with Gasteiger partial charge in [0.1, 0.15) is 28.8 Å². The molecule has 2 aromatic carbocycles. The third-order valence-electron chi connectivity index (χ3n) is 4.52. The number of hydrogen-bond donors (Lipinski definition) is 3. The van der Waals surface area contributed by atoms with Gasteiger partial charge in [-0.2, -0.15) is 0 Å². The number of halogens is 1. The Labute approximate surface area is 166 Å². The SMILES string of the molecule is NC(=O)c1cc(N)nc(-c2ccc(Oc3ccc(F)cc3)cc2CNC2CC2)n1. The number of benzene rings is 2. The topological polar surface area (TPSA) is 116 Å². The fourth-order valence-electron chi connectivity index (χ4n) is 2.89. The van der Waals surface area contributed by atoms with Crippen LogP contribution in [-0.4, -0.2) is 21.9 Å². The zero-order chi connectivity index (χ0) is 20.4. The molecule has 1 amide bonds. The standard InChI is InChI=1S/C21H20FN5O2/c22-13-1-5-15(6-2-13)29-16-7-8-17(12(9-16)11-25-14-3-4-14)21-26-18(20(24)28)10-19(23)27-21/h1-2,5-10,14,25H,3-4,11H2,(H2,24,28)(H2,23,26,27). The van der Waals surface area contributed by atoms with Gasteiger partial charge in [-0.25, -0.2) is 14.4 Å². The Morgan fingerprint density at radius 2 is 1.83 bits per heavy atom. The Morgan fingerprint density at radius 1 is 1.10 bits per heavy atom. The van der Waals surface area contributed by atoms with E-state index in [-0.39, 0.29) is 17.3 Å². The molecule has 8 heteroatoms. The van der Waals surface area contributed by atoms with Gasteiger partial charge in [-0.3, -0.25) is 4.79 Å². The minimum absolute atomic E-state index is 0.0558. The average Bonchev–Trinajstić information content (AvgIpc) is 3.52. The quantitative estimate of drug-likeness (QED) is 0.568. The van der Waals surface area contributed by atoms with E-state index in [4.69, 9.17) is 16.2 Å². The van der Waals surface area contributed by atoms with Gasteiger partial charge in [0.05, 0.1) is 0 Å². The van der Waals surface area contributed by atoms with Gasteiger partial charge < -0.3 is 21.5 Å². The molecule has 5 N–H and O–H groups in total. The van der Waals surface area contributed by atoms with Crippen molar-refractivity contribution in [1.82, 2.24) is 15.3 Å². The third kappa shape index (κ3) is 4.67. The molecule has 3 aromatic rings. The molecule has 1 fully saturated rings. The van der Waals surface area contributed by atoms with Gasteiger partial charge in [0.2, 0.25) is 0 Å². The van der Waals surface area contributed by atoms with Gasteiger partial charge in [-0.1, -0.05) is 0 Å². The number of hydrogen-bond acceptors (Lipinski definition) is 6. The zero-order valence-electron chi connectivity index (χ0n) is 15.6. The lowest BCUT2D eigenvalue weighted by Gasteiger charge is -2.13. The molecule has 1 heterocycles. The lowest BCUT2D eigenvalue weighted by Crippen LogP contribution is -2.17. The maximum atomic E-state index is 13.1. The predicted molar refractivity (Wildman–Crippen MR) is 107 cm³/mol. The van der Waals surface area contributed by atoms with Crippen LogP contribution in [0.3, 0.4) is 0 Å². The Hall–Kier alpha value is -3.52. The molecule has 0 unspecified atom stereocenters. The Kier molecular flexibility index (Phi) is 5.09. The molecule has 7 nitrogen and oxygen atoms in total. The fourth-order valence-corrected chi connectivity index (χ4v) is 2.89. The van der Waals surface area contributed by atoms with Crippen molar-refractivity contribution < 1.29 is 13.9 Å². The van der Waals surface area contributed by atoms with E-state index in [1.807, 2.05) is 12.1 Å². The van der Waals surface area contributed by atoms with Crippen molar-refractivity contribution in [2.75, 3.05) is 5.73 Å².